The highest BCUT2D eigenvalue weighted by Crippen LogP contribution is 2.63. The van der Waals surface area contributed by atoms with Gasteiger partial charge in [-0.2, -0.15) is 0 Å². The van der Waals surface area contributed by atoms with Gasteiger partial charge in [-0.3, -0.25) is 4.98 Å². The molecule has 0 saturated carbocycles. The summed E-state index contributed by atoms with van der Waals surface area (Å²) in [6.07, 6.45) is 5.71. The minimum atomic E-state index is -0.645. The molecule has 0 amide bonds. The summed E-state index contributed by atoms with van der Waals surface area (Å²) in [5.41, 5.74) is 15.1. The van der Waals surface area contributed by atoms with E-state index < -0.39 is 5.41 Å². The first-order valence-electron chi connectivity index (χ1n) is 18.7. The highest BCUT2D eigenvalue weighted by Gasteiger charge is 2.51. The number of aryl methyl sites for hydroxylation is 1. The Kier molecular flexibility index (Phi) is 6.95. The predicted octanol–water partition coefficient (Wildman–Crippen LogP) is 12.5. The Morgan fingerprint density at radius 1 is 0.491 bits per heavy atom. The second-order valence-corrected chi connectivity index (χ2v) is 14.5. The molecule has 4 heteroatoms. The van der Waals surface area contributed by atoms with Gasteiger partial charge in [-0.1, -0.05) is 121 Å². The Hall–Kier alpha value is -7.17. The Morgan fingerprint density at radius 3 is 2.16 bits per heavy atom. The highest BCUT2D eigenvalue weighted by molar-refractivity contribution is 5.98. The van der Waals surface area contributed by atoms with Crippen molar-refractivity contribution < 1.29 is 4.74 Å². The van der Waals surface area contributed by atoms with E-state index in [1.54, 1.807) is 0 Å². The van der Waals surface area contributed by atoms with Crippen LogP contribution in [0, 0.1) is 6.92 Å². The number of aromatic nitrogens is 3. The number of benzene rings is 7. The lowest BCUT2D eigenvalue weighted by Gasteiger charge is -2.39. The molecule has 1 aliphatic carbocycles. The summed E-state index contributed by atoms with van der Waals surface area (Å²) in [5.74, 6) is 2.36. The fourth-order valence-electron chi connectivity index (χ4n) is 9.00. The van der Waals surface area contributed by atoms with Crippen LogP contribution in [0.3, 0.4) is 0 Å². The summed E-state index contributed by atoms with van der Waals surface area (Å²) in [6.45, 7) is 2.09. The fraction of sp³-hybridized carbons (Fsp3) is 0.0392. The Bertz CT molecular complexity index is 3000. The van der Waals surface area contributed by atoms with E-state index in [2.05, 4.69) is 170 Å². The van der Waals surface area contributed by atoms with Crippen molar-refractivity contribution in [3.05, 3.63) is 210 Å². The second-order valence-electron chi connectivity index (χ2n) is 14.5. The maximum Gasteiger partial charge on any atom is 0.159 e. The summed E-state index contributed by atoms with van der Waals surface area (Å²) < 4.78 is 6.77. The van der Waals surface area contributed by atoms with E-state index in [1.807, 2.05) is 24.7 Å². The number of hydrogen-bond acceptors (Lipinski definition) is 4. The highest BCUT2D eigenvalue weighted by atomic mass is 16.5. The number of ether oxygens (including phenoxy) is 1. The molecule has 55 heavy (non-hydrogen) atoms. The molecule has 4 nitrogen and oxygen atoms in total. The summed E-state index contributed by atoms with van der Waals surface area (Å²) in [6, 6.07) is 58.5. The first kappa shape index (κ1) is 31.4. The van der Waals surface area contributed by atoms with Crippen molar-refractivity contribution in [3.8, 4) is 67.5 Å². The summed E-state index contributed by atoms with van der Waals surface area (Å²) in [4.78, 5) is 14.5. The van der Waals surface area contributed by atoms with Gasteiger partial charge in [0, 0.05) is 46.4 Å². The third-order valence-electron chi connectivity index (χ3n) is 11.3. The molecule has 1 spiro atoms. The lowest BCUT2D eigenvalue weighted by molar-refractivity contribution is 0.436. The molecule has 3 heterocycles. The van der Waals surface area contributed by atoms with Crippen molar-refractivity contribution in [1.82, 2.24) is 15.0 Å². The lowest BCUT2D eigenvalue weighted by Crippen LogP contribution is -2.32. The Balaban J connectivity index is 1.14. The average Bonchev–Trinajstić information content (AvgIpc) is 3.54. The normalized spacial score (nSPS) is 14.9. The average molecular weight is 704 g/mol. The molecule has 11 rings (SSSR count). The summed E-state index contributed by atoms with van der Waals surface area (Å²) >= 11 is 0. The molecule has 0 radical (unpaired) electrons. The lowest BCUT2D eigenvalue weighted by atomic mass is 9.65. The number of para-hydroxylation sites is 1. The van der Waals surface area contributed by atoms with Crippen LogP contribution in [0.2, 0.25) is 0 Å². The third kappa shape index (κ3) is 4.75. The van der Waals surface area contributed by atoms with Gasteiger partial charge in [0.2, 0.25) is 0 Å². The number of nitrogens with zero attached hydrogens (tertiary/aromatic N) is 3. The van der Waals surface area contributed by atoms with Crippen LogP contribution in [0.4, 0.5) is 0 Å². The van der Waals surface area contributed by atoms with Gasteiger partial charge < -0.3 is 4.74 Å². The van der Waals surface area contributed by atoms with E-state index >= 15 is 0 Å². The zero-order valence-electron chi connectivity index (χ0n) is 30.1. The predicted molar refractivity (Wildman–Crippen MR) is 221 cm³/mol. The molecular weight excluding hydrogens is 671 g/mol. The Morgan fingerprint density at radius 2 is 1.22 bits per heavy atom. The van der Waals surface area contributed by atoms with Gasteiger partial charge >= 0.3 is 0 Å². The first-order valence-corrected chi connectivity index (χ1v) is 18.7. The molecule has 2 aliphatic rings. The molecular formula is C51H33N3O. The second kappa shape index (κ2) is 12.2. The molecule has 1 aliphatic heterocycles. The third-order valence-corrected chi connectivity index (χ3v) is 11.3. The number of hydrogen-bond donors (Lipinski definition) is 0. The van der Waals surface area contributed by atoms with Crippen LogP contribution in [-0.2, 0) is 5.41 Å². The molecule has 0 bridgehead atoms. The van der Waals surface area contributed by atoms with Gasteiger partial charge in [0.05, 0.1) is 11.1 Å². The van der Waals surface area contributed by atoms with Crippen LogP contribution in [0.25, 0.3) is 66.8 Å². The van der Waals surface area contributed by atoms with Gasteiger partial charge in [0.1, 0.15) is 11.5 Å². The first-order chi connectivity index (χ1) is 27.2. The topological polar surface area (TPSA) is 47.9 Å². The van der Waals surface area contributed by atoms with Crippen LogP contribution in [0.1, 0.15) is 27.8 Å². The zero-order valence-corrected chi connectivity index (χ0v) is 30.1. The van der Waals surface area contributed by atoms with Crippen molar-refractivity contribution >= 4 is 10.8 Å². The van der Waals surface area contributed by atoms with Gasteiger partial charge in [-0.05, 0) is 105 Å². The molecule has 2 aromatic heterocycles. The minimum Gasteiger partial charge on any atom is -0.457 e. The molecule has 7 aromatic carbocycles. The number of rotatable bonds is 4. The Labute approximate surface area is 319 Å². The quantitative estimate of drug-likeness (QED) is 0.183. The standard InChI is InChI=1S/C51H33N3O/c1-32-27-37(31-52-30-32)34-13-8-14-35(28-34)39-17-10-21-44-49(39)41-16-4-5-19-42(41)51(44)43-20-6-7-22-47(43)55-48-24-23-36(29-45(48)51)50-53-26-25-46(54-50)40-18-9-12-33-11-2-3-15-38(33)40/h2-31H,1H3. The van der Waals surface area contributed by atoms with E-state index in [4.69, 9.17) is 14.7 Å². The minimum absolute atomic E-state index is 0.645. The molecule has 1 atom stereocenters. The number of pyridine rings is 1. The van der Waals surface area contributed by atoms with Crippen molar-refractivity contribution in [3.63, 3.8) is 0 Å². The van der Waals surface area contributed by atoms with E-state index in [9.17, 15) is 0 Å². The van der Waals surface area contributed by atoms with E-state index in [-0.39, 0.29) is 0 Å². The van der Waals surface area contributed by atoms with Crippen LogP contribution >= 0.6 is 0 Å². The van der Waals surface area contributed by atoms with E-state index in [1.165, 1.54) is 38.6 Å². The maximum atomic E-state index is 6.77. The van der Waals surface area contributed by atoms with Gasteiger partial charge in [0.25, 0.3) is 0 Å². The van der Waals surface area contributed by atoms with Gasteiger partial charge in [-0.25, -0.2) is 9.97 Å². The van der Waals surface area contributed by atoms with Crippen LogP contribution in [0.5, 0.6) is 11.5 Å². The monoisotopic (exact) mass is 703 g/mol. The molecule has 0 fully saturated rings. The van der Waals surface area contributed by atoms with E-state index in [0.29, 0.717) is 5.82 Å². The fourth-order valence-corrected chi connectivity index (χ4v) is 9.00. The van der Waals surface area contributed by atoms with Crippen molar-refractivity contribution in [2.45, 2.75) is 12.3 Å². The molecule has 9 aromatic rings. The van der Waals surface area contributed by atoms with Crippen molar-refractivity contribution in [1.29, 1.82) is 0 Å². The van der Waals surface area contributed by atoms with Gasteiger partial charge in [0.15, 0.2) is 5.82 Å². The van der Waals surface area contributed by atoms with Gasteiger partial charge in [-0.15, -0.1) is 0 Å². The smallest absolute Gasteiger partial charge is 0.159 e. The SMILES string of the molecule is Cc1cncc(-c2cccc(-c3cccc4c3-c3ccccc3C43c4ccccc4Oc4ccc(-c5nccc(-c6cccc7ccccc67)n5)cc43)c2)c1. The van der Waals surface area contributed by atoms with Crippen LogP contribution in [-0.4, -0.2) is 15.0 Å². The van der Waals surface area contributed by atoms with Crippen molar-refractivity contribution in [2.75, 3.05) is 0 Å². The maximum absolute atomic E-state index is 6.77. The van der Waals surface area contributed by atoms with Crippen LogP contribution in [0.15, 0.2) is 182 Å². The molecule has 258 valence electrons. The van der Waals surface area contributed by atoms with Crippen molar-refractivity contribution in [2.24, 2.45) is 0 Å². The summed E-state index contributed by atoms with van der Waals surface area (Å²) in [5, 5.41) is 2.35. The number of fused-ring (bicyclic) bond motifs is 10. The molecule has 1 unspecified atom stereocenters. The van der Waals surface area contributed by atoms with Crippen LogP contribution < -0.4 is 4.74 Å². The summed E-state index contributed by atoms with van der Waals surface area (Å²) in [7, 11) is 0. The zero-order chi connectivity index (χ0) is 36.5. The largest absolute Gasteiger partial charge is 0.457 e. The molecule has 0 N–H and O–H groups in total. The van der Waals surface area contributed by atoms with E-state index in [0.717, 1.165) is 61.7 Å². The molecule has 0 saturated heterocycles.